The molecule has 34 heavy (non-hydrogen) atoms. The smallest absolute Gasteiger partial charge is 0.403 e. The molecular formula is C22H21F3N4O4S. The van der Waals surface area contributed by atoms with Crippen molar-refractivity contribution in [2.75, 3.05) is 11.9 Å². The van der Waals surface area contributed by atoms with Crippen LogP contribution in [-0.4, -0.2) is 41.4 Å². The van der Waals surface area contributed by atoms with Crippen molar-refractivity contribution in [2.24, 2.45) is 0 Å². The van der Waals surface area contributed by atoms with E-state index < -0.39 is 27.7 Å². The highest BCUT2D eigenvalue weighted by molar-refractivity contribution is 7.89. The standard InChI is InChI=1S/C22H21F3N4O4S/c1-14-4-2-3-13-29(14)34(31,32)18-11-7-15(8-12-18)19(30)26-21-28-27-20(33-21)16-5-9-17(10-6-16)22(23,24)25/h5-12,14H,2-4,13H2,1H3,(H,26,28,30). The predicted octanol–water partition coefficient (Wildman–Crippen LogP) is 4.57. The fourth-order valence-corrected chi connectivity index (χ4v) is 5.40. The lowest BCUT2D eigenvalue weighted by atomic mass is 10.1. The van der Waals surface area contributed by atoms with E-state index in [1.54, 1.807) is 0 Å². The van der Waals surface area contributed by atoms with E-state index >= 15 is 0 Å². The number of carbonyl (C=O) groups is 1. The molecule has 8 nitrogen and oxygen atoms in total. The summed E-state index contributed by atoms with van der Waals surface area (Å²) in [4.78, 5) is 12.6. The van der Waals surface area contributed by atoms with Gasteiger partial charge in [-0.05, 0) is 68.3 Å². The van der Waals surface area contributed by atoms with Crippen molar-refractivity contribution in [3.05, 3.63) is 59.7 Å². The highest BCUT2D eigenvalue weighted by Gasteiger charge is 2.31. The Hall–Kier alpha value is -3.25. The second-order valence-corrected chi connectivity index (χ2v) is 9.82. The Bertz CT molecular complexity index is 1270. The summed E-state index contributed by atoms with van der Waals surface area (Å²) in [6.45, 7) is 2.34. The van der Waals surface area contributed by atoms with Crippen LogP contribution in [0.15, 0.2) is 57.8 Å². The van der Waals surface area contributed by atoms with Gasteiger partial charge < -0.3 is 4.42 Å². The Kier molecular flexibility index (Phi) is 6.45. The van der Waals surface area contributed by atoms with Gasteiger partial charge in [-0.25, -0.2) is 8.42 Å². The van der Waals surface area contributed by atoms with Crippen LogP contribution in [0.5, 0.6) is 0 Å². The molecule has 1 atom stereocenters. The molecule has 0 radical (unpaired) electrons. The molecule has 1 amide bonds. The molecule has 4 rings (SSSR count). The van der Waals surface area contributed by atoms with Crippen molar-refractivity contribution in [1.29, 1.82) is 0 Å². The van der Waals surface area contributed by atoms with Gasteiger partial charge in [0, 0.05) is 23.7 Å². The molecule has 0 saturated carbocycles. The number of piperidine rings is 1. The molecule has 2 aromatic carbocycles. The van der Waals surface area contributed by atoms with E-state index in [2.05, 4.69) is 15.5 Å². The number of aromatic nitrogens is 2. The van der Waals surface area contributed by atoms with Crippen LogP contribution < -0.4 is 5.32 Å². The van der Waals surface area contributed by atoms with E-state index in [9.17, 15) is 26.4 Å². The van der Waals surface area contributed by atoms with Crippen LogP contribution >= 0.6 is 0 Å². The van der Waals surface area contributed by atoms with Crippen molar-refractivity contribution >= 4 is 21.9 Å². The summed E-state index contributed by atoms with van der Waals surface area (Å²) in [6.07, 6.45) is -1.86. The quantitative estimate of drug-likeness (QED) is 0.557. The molecule has 3 aromatic rings. The van der Waals surface area contributed by atoms with E-state index in [1.807, 2.05) is 6.92 Å². The number of rotatable bonds is 5. The van der Waals surface area contributed by atoms with Gasteiger partial charge in [-0.1, -0.05) is 11.5 Å². The fraction of sp³-hybridized carbons (Fsp3) is 0.318. The van der Waals surface area contributed by atoms with Gasteiger partial charge in [-0.2, -0.15) is 17.5 Å². The maximum atomic E-state index is 12.9. The van der Waals surface area contributed by atoms with Crippen molar-refractivity contribution in [1.82, 2.24) is 14.5 Å². The van der Waals surface area contributed by atoms with E-state index in [1.165, 1.54) is 40.7 Å². The number of alkyl halides is 3. The minimum absolute atomic E-state index is 0.0684. The minimum atomic E-state index is -4.46. The number of anilines is 1. The van der Waals surface area contributed by atoms with Gasteiger partial charge in [0.1, 0.15) is 0 Å². The molecular weight excluding hydrogens is 473 g/mol. The first-order chi connectivity index (χ1) is 16.1. The molecule has 1 fully saturated rings. The topological polar surface area (TPSA) is 105 Å². The number of nitrogens with zero attached hydrogens (tertiary/aromatic N) is 3. The van der Waals surface area contributed by atoms with Gasteiger partial charge in [-0.15, -0.1) is 5.10 Å². The van der Waals surface area contributed by atoms with Crippen molar-refractivity contribution in [2.45, 2.75) is 43.3 Å². The molecule has 1 aliphatic rings. The Morgan fingerprint density at radius 1 is 1.06 bits per heavy atom. The second-order valence-electron chi connectivity index (χ2n) is 7.93. The van der Waals surface area contributed by atoms with Crippen LogP contribution in [0.1, 0.15) is 42.1 Å². The number of hydrogen-bond donors (Lipinski definition) is 1. The lowest BCUT2D eigenvalue weighted by Gasteiger charge is -2.32. The van der Waals surface area contributed by atoms with Crippen LogP contribution in [0.3, 0.4) is 0 Å². The number of carbonyl (C=O) groups excluding carboxylic acids is 1. The zero-order chi connectivity index (χ0) is 24.5. The van der Waals surface area contributed by atoms with Crippen LogP contribution in [0.4, 0.5) is 19.2 Å². The molecule has 2 heterocycles. The number of benzene rings is 2. The maximum Gasteiger partial charge on any atom is 0.416 e. The molecule has 1 N–H and O–H groups in total. The maximum absolute atomic E-state index is 12.9. The monoisotopic (exact) mass is 494 g/mol. The number of nitrogens with one attached hydrogen (secondary N) is 1. The minimum Gasteiger partial charge on any atom is -0.403 e. The zero-order valence-electron chi connectivity index (χ0n) is 18.0. The Morgan fingerprint density at radius 3 is 2.35 bits per heavy atom. The number of hydrogen-bond acceptors (Lipinski definition) is 6. The average Bonchev–Trinajstić information content (AvgIpc) is 3.27. The van der Waals surface area contributed by atoms with E-state index in [0.717, 1.165) is 31.4 Å². The van der Waals surface area contributed by atoms with Gasteiger partial charge in [-0.3, -0.25) is 10.1 Å². The highest BCUT2D eigenvalue weighted by Crippen LogP contribution is 2.31. The first-order valence-corrected chi connectivity index (χ1v) is 11.9. The SMILES string of the molecule is CC1CCCCN1S(=O)(=O)c1ccc(C(=O)Nc2nnc(-c3ccc(C(F)(F)F)cc3)o2)cc1. The molecule has 1 unspecified atom stereocenters. The van der Waals surface area contributed by atoms with Crippen LogP contribution in [-0.2, 0) is 16.2 Å². The van der Waals surface area contributed by atoms with E-state index in [4.69, 9.17) is 4.42 Å². The molecule has 0 aliphatic carbocycles. The first-order valence-electron chi connectivity index (χ1n) is 10.5. The van der Waals surface area contributed by atoms with Crippen LogP contribution in [0, 0.1) is 0 Å². The summed E-state index contributed by atoms with van der Waals surface area (Å²) in [6, 6.07) is 9.30. The highest BCUT2D eigenvalue weighted by atomic mass is 32.2. The zero-order valence-corrected chi connectivity index (χ0v) is 18.9. The summed E-state index contributed by atoms with van der Waals surface area (Å²) in [5.41, 5.74) is -0.396. The van der Waals surface area contributed by atoms with Gasteiger partial charge >= 0.3 is 12.2 Å². The summed E-state index contributed by atoms with van der Waals surface area (Å²) in [5, 5.41) is 9.81. The normalized spacial score (nSPS) is 17.5. The van der Waals surface area contributed by atoms with Crippen LogP contribution in [0.25, 0.3) is 11.5 Å². The van der Waals surface area contributed by atoms with E-state index in [0.29, 0.717) is 6.54 Å². The lowest BCUT2D eigenvalue weighted by molar-refractivity contribution is -0.137. The van der Waals surface area contributed by atoms with Crippen molar-refractivity contribution < 1.29 is 30.8 Å². The Balaban J connectivity index is 1.44. The summed E-state index contributed by atoms with van der Waals surface area (Å²) < 4.78 is 70.7. The van der Waals surface area contributed by atoms with Crippen molar-refractivity contribution in [3.63, 3.8) is 0 Å². The van der Waals surface area contributed by atoms with Gasteiger partial charge in [0.25, 0.3) is 5.91 Å². The lowest BCUT2D eigenvalue weighted by Crippen LogP contribution is -2.41. The van der Waals surface area contributed by atoms with E-state index in [-0.39, 0.29) is 34.0 Å². The van der Waals surface area contributed by atoms with Crippen LogP contribution in [0.2, 0.25) is 0 Å². The Labute approximate surface area is 193 Å². The van der Waals surface area contributed by atoms with Gasteiger partial charge in [0.2, 0.25) is 15.9 Å². The summed E-state index contributed by atoms with van der Waals surface area (Å²) in [7, 11) is -3.66. The van der Waals surface area contributed by atoms with Crippen molar-refractivity contribution in [3.8, 4) is 11.5 Å². The van der Waals surface area contributed by atoms with Gasteiger partial charge in [0.15, 0.2) is 0 Å². The molecule has 1 saturated heterocycles. The number of amides is 1. The average molecular weight is 494 g/mol. The molecule has 1 aliphatic heterocycles. The molecule has 180 valence electrons. The third-order valence-corrected chi connectivity index (χ3v) is 7.60. The second kappa shape index (κ2) is 9.18. The molecule has 1 aromatic heterocycles. The Morgan fingerprint density at radius 2 is 1.74 bits per heavy atom. The summed E-state index contributed by atoms with van der Waals surface area (Å²) in [5.74, 6) is -0.681. The molecule has 12 heteroatoms. The van der Waals surface area contributed by atoms with Gasteiger partial charge in [0.05, 0.1) is 10.5 Å². The largest absolute Gasteiger partial charge is 0.416 e. The first kappa shape index (κ1) is 23.9. The summed E-state index contributed by atoms with van der Waals surface area (Å²) >= 11 is 0. The fourth-order valence-electron chi connectivity index (χ4n) is 3.70. The molecule has 0 bridgehead atoms. The molecule has 0 spiro atoms. The third-order valence-electron chi connectivity index (χ3n) is 5.57. The third kappa shape index (κ3) is 4.97. The predicted molar refractivity (Wildman–Crippen MR) is 116 cm³/mol. The number of sulfonamides is 1. The number of halogens is 3.